The summed E-state index contributed by atoms with van der Waals surface area (Å²) in [5.41, 5.74) is 0.0449. The van der Waals surface area contributed by atoms with Crippen molar-refractivity contribution in [2.24, 2.45) is 5.92 Å². The molecule has 0 aromatic heterocycles. The number of hydrogen-bond donors (Lipinski definition) is 1. The quantitative estimate of drug-likeness (QED) is 0.497. The highest BCUT2D eigenvalue weighted by Crippen LogP contribution is 2.33. The SMILES string of the molecule is CC1CCCCCC1Nc1cc(F)c(Cl)cc1[N+](=O)[O-]. The van der Waals surface area contributed by atoms with E-state index >= 15 is 0 Å². The van der Waals surface area contributed by atoms with E-state index in [-0.39, 0.29) is 22.4 Å². The highest BCUT2D eigenvalue weighted by molar-refractivity contribution is 6.31. The highest BCUT2D eigenvalue weighted by atomic mass is 35.5. The van der Waals surface area contributed by atoms with Crippen LogP contribution in [0.4, 0.5) is 15.8 Å². The van der Waals surface area contributed by atoms with Crippen LogP contribution in [-0.2, 0) is 0 Å². The molecule has 0 bridgehead atoms. The maximum Gasteiger partial charge on any atom is 0.294 e. The Kier molecular flexibility index (Phi) is 4.81. The lowest BCUT2D eigenvalue weighted by Crippen LogP contribution is -2.26. The first-order valence-electron chi connectivity index (χ1n) is 6.89. The van der Waals surface area contributed by atoms with E-state index in [0.29, 0.717) is 5.92 Å². The Bertz CT molecular complexity index is 510. The minimum atomic E-state index is -0.638. The maximum atomic E-state index is 13.6. The second-order valence-corrected chi connectivity index (χ2v) is 5.81. The van der Waals surface area contributed by atoms with Gasteiger partial charge >= 0.3 is 0 Å². The number of benzene rings is 1. The molecule has 1 aromatic carbocycles. The number of halogens is 2. The van der Waals surface area contributed by atoms with Gasteiger partial charge in [0.2, 0.25) is 0 Å². The molecule has 1 fully saturated rings. The van der Waals surface area contributed by atoms with Crippen LogP contribution in [0.25, 0.3) is 0 Å². The van der Waals surface area contributed by atoms with Crippen LogP contribution in [-0.4, -0.2) is 11.0 Å². The molecule has 20 heavy (non-hydrogen) atoms. The number of nitro groups is 1. The van der Waals surface area contributed by atoms with E-state index in [0.717, 1.165) is 31.4 Å². The molecule has 110 valence electrons. The topological polar surface area (TPSA) is 55.2 Å². The lowest BCUT2D eigenvalue weighted by atomic mass is 9.96. The van der Waals surface area contributed by atoms with E-state index < -0.39 is 10.7 Å². The Morgan fingerprint density at radius 1 is 1.35 bits per heavy atom. The van der Waals surface area contributed by atoms with Gasteiger partial charge in [-0.25, -0.2) is 4.39 Å². The fourth-order valence-electron chi connectivity index (χ4n) is 2.71. The van der Waals surface area contributed by atoms with Gasteiger partial charge in [0.15, 0.2) is 0 Å². The van der Waals surface area contributed by atoms with Crippen LogP contribution in [0.5, 0.6) is 0 Å². The second kappa shape index (κ2) is 6.39. The Hall–Kier alpha value is -1.36. The molecule has 0 saturated heterocycles. The molecule has 1 saturated carbocycles. The number of rotatable bonds is 3. The third kappa shape index (κ3) is 3.39. The summed E-state index contributed by atoms with van der Waals surface area (Å²) in [6.07, 6.45) is 5.48. The van der Waals surface area contributed by atoms with Gasteiger partial charge in [0.25, 0.3) is 5.69 Å². The fraction of sp³-hybridized carbons (Fsp3) is 0.571. The van der Waals surface area contributed by atoms with Gasteiger partial charge in [-0.15, -0.1) is 0 Å². The van der Waals surface area contributed by atoms with Crippen LogP contribution in [0, 0.1) is 21.8 Å². The summed E-state index contributed by atoms with van der Waals surface area (Å²) >= 11 is 5.62. The van der Waals surface area contributed by atoms with Crippen molar-refractivity contribution in [3.05, 3.63) is 33.1 Å². The third-order valence-corrected chi connectivity index (χ3v) is 4.23. The largest absolute Gasteiger partial charge is 0.376 e. The predicted octanol–water partition coefficient (Wildman–Crippen LogP) is 4.77. The first-order valence-corrected chi connectivity index (χ1v) is 7.27. The van der Waals surface area contributed by atoms with Crippen molar-refractivity contribution < 1.29 is 9.31 Å². The monoisotopic (exact) mass is 300 g/mol. The molecule has 4 nitrogen and oxygen atoms in total. The van der Waals surface area contributed by atoms with Gasteiger partial charge < -0.3 is 5.32 Å². The molecule has 1 N–H and O–H groups in total. The minimum Gasteiger partial charge on any atom is -0.376 e. The zero-order valence-electron chi connectivity index (χ0n) is 11.4. The van der Waals surface area contributed by atoms with Crippen molar-refractivity contribution in [3.8, 4) is 0 Å². The van der Waals surface area contributed by atoms with Gasteiger partial charge in [-0.05, 0) is 18.8 Å². The number of hydrogen-bond acceptors (Lipinski definition) is 3. The summed E-state index contributed by atoms with van der Waals surface area (Å²) in [7, 11) is 0. The van der Waals surface area contributed by atoms with Gasteiger partial charge in [-0.3, -0.25) is 10.1 Å². The van der Waals surface area contributed by atoms with Gasteiger partial charge in [-0.2, -0.15) is 0 Å². The normalized spacial score (nSPS) is 23.1. The third-order valence-electron chi connectivity index (χ3n) is 3.94. The average molecular weight is 301 g/mol. The van der Waals surface area contributed by atoms with E-state index in [1.54, 1.807) is 0 Å². The summed E-state index contributed by atoms with van der Waals surface area (Å²) in [5, 5.41) is 14.0. The molecule has 0 amide bonds. The van der Waals surface area contributed by atoms with Gasteiger partial charge in [0.05, 0.1) is 9.95 Å². The van der Waals surface area contributed by atoms with E-state index in [9.17, 15) is 14.5 Å². The summed E-state index contributed by atoms with van der Waals surface area (Å²) < 4.78 is 13.6. The van der Waals surface area contributed by atoms with Crippen LogP contribution >= 0.6 is 11.6 Å². The van der Waals surface area contributed by atoms with Gasteiger partial charge in [0.1, 0.15) is 11.5 Å². The molecular formula is C14H18ClFN2O2. The van der Waals surface area contributed by atoms with E-state index in [1.165, 1.54) is 12.8 Å². The maximum absolute atomic E-state index is 13.6. The molecule has 0 spiro atoms. The first-order chi connectivity index (χ1) is 9.49. The van der Waals surface area contributed by atoms with Crippen LogP contribution < -0.4 is 5.32 Å². The van der Waals surface area contributed by atoms with Crippen LogP contribution in [0.2, 0.25) is 5.02 Å². The number of anilines is 1. The molecule has 2 unspecified atom stereocenters. The van der Waals surface area contributed by atoms with Crippen molar-refractivity contribution >= 4 is 23.0 Å². The number of nitrogens with one attached hydrogen (secondary N) is 1. The molecule has 0 aliphatic heterocycles. The molecule has 1 aliphatic carbocycles. The zero-order chi connectivity index (χ0) is 14.7. The molecule has 0 heterocycles. The Morgan fingerprint density at radius 2 is 2.05 bits per heavy atom. The van der Waals surface area contributed by atoms with Crippen molar-refractivity contribution in [3.63, 3.8) is 0 Å². The molecule has 6 heteroatoms. The number of nitrogens with zero attached hydrogens (tertiary/aromatic N) is 1. The van der Waals surface area contributed by atoms with Gasteiger partial charge in [0, 0.05) is 18.2 Å². The van der Waals surface area contributed by atoms with Crippen LogP contribution in [0.3, 0.4) is 0 Å². The lowest BCUT2D eigenvalue weighted by Gasteiger charge is -2.24. The highest BCUT2D eigenvalue weighted by Gasteiger charge is 2.24. The summed E-state index contributed by atoms with van der Waals surface area (Å²) in [6.45, 7) is 2.13. The van der Waals surface area contributed by atoms with Crippen molar-refractivity contribution in [1.82, 2.24) is 0 Å². The van der Waals surface area contributed by atoms with Crippen LogP contribution in [0.1, 0.15) is 39.0 Å². The van der Waals surface area contributed by atoms with E-state index in [1.807, 2.05) is 0 Å². The van der Waals surface area contributed by atoms with Gasteiger partial charge in [-0.1, -0.05) is 37.8 Å². The average Bonchev–Trinajstić information content (AvgIpc) is 2.59. The molecule has 2 atom stereocenters. The lowest BCUT2D eigenvalue weighted by molar-refractivity contribution is -0.384. The smallest absolute Gasteiger partial charge is 0.294 e. The Morgan fingerprint density at radius 3 is 2.75 bits per heavy atom. The summed E-state index contributed by atoms with van der Waals surface area (Å²) in [5.74, 6) is -0.225. The Balaban J connectivity index is 2.27. The fourth-order valence-corrected chi connectivity index (χ4v) is 2.87. The van der Waals surface area contributed by atoms with E-state index in [2.05, 4.69) is 12.2 Å². The van der Waals surface area contributed by atoms with Crippen molar-refractivity contribution in [1.29, 1.82) is 0 Å². The first kappa shape index (κ1) is 15.0. The second-order valence-electron chi connectivity index (χ2n) is 5.41. The molecule has 1 aliphatic rings. The zero-order valence-corrected chi connectivity index (χ0v) is 12.1. The summed E-state index contributed by atoms with van der Waals surface area (Å²) in [4.78, 5) is 10.5. The standard InChI is InChI=1S/C14H18ClFN2O2/c1-9-5-3-2-4-6-12(9)17-13-8-11(16)10(15)7-14(13)18(19)20/h7-9,12,17H,2-6H2,1H3. The molecule has 2 rings (SSSR count). The van der Waals surface area contributed by atoms with Crippen molar-refractivity contribution in [2.45, 2.75) is 45.1 Å². The summed E-state index contributed by atoms with van der Waals surface area (Å²) in [6, 6.07) is 2.33. The molecule has 1 aromatic rings. The Labute approximate surface area is 122 Å². The van der Waals surface area contributed by atoms with E-state index in [4.69, 9.17) is 11.6 Å². The number of nitro benzene ring substituents is 1. The van der Waals surface area contributed by atoms with Crippen LogP contribution in [0.15, 0.2) is 12.1 Å². The minimum absolute atomic E-state index is 0.136. The molecule has 0 radical (unpaired) electrons. The van der Waals surface area contributed by atoms with Crippen molar-refractivity contribution in [2.75, 3.05) is 5.32 Å². The predicted molar refractivity (Wildman–Crippen MR) is 77.7 cm³/mol. The molecular weight excluding hydrogens is 283 g/mol.